The number of aromatic nitrogens is 2. The molecule has 0 aliphatic rings. The van der Waals surface area contributed by atoms with E-state index in [2.05, 4.69) is 4.98 Å². The third-order valence-electron chi connectivity index (χ3n) is 4.73. The Kier molecular flexibility index (Phi) is 7.15. The van der Waals surface area contributed by atoms with Gasteiger partial charge in [-0.3, -0.25) is 4.79 Å². The first-order valence-electron chi connectivity index (χ1n) is 9.45. The fourth-order valence-electron chi connectivity index (χ4n) is 3.07. The lowest BCUT2D eigenvalue weighted by Crippen LogP contribution is -2.34. The van der Waals surface area contributed by atoms with E-state index >= 15 is 0 Å². The molecule has 0 bridgehead atoms. The lowest BCUT2D eigenvalue weighted by molar-refractivity contribution is -0.605. The fourth-order valence-corrected chi connectivity index (χ4v) is 4.63. The van der Waals surface area contributed by atoms with Gasteiger partial charge in [-0.2, -0.15) is 17.9 Å². The van der Waals surface area contributed by atoms with E-state index in [-0.39, 0.29) is 27.5 Å². The number of methoxy groups -OCH3 is 1. The smallest absolute Gasteiger partial charge is 0.416 e. The van der Waals surface area contributed by atoms with Crippen LogP contribution in [0.4, 0.5) is 18.9 Å². The first-order chi connectivity index (χ1) is 15.9. The van der Waals surface area contributed by atoms with Crippen LogP contribution in [0.5, 0.6) is 0 Å². The number of sulfonamides is 1. The third kappa shape index (κ3) is 5.13. The molecule has 2 heterocycles. The van der Waals surface area contributed by atoms with Crippen molar-refractivity contribution in [2.75, 3.05) is 18.1 Å². The Morgan fingerprint density at radius 1 is 1.21 bits per heavy atom. The van der Waals surface area contributed by atoms with Gasteiger partial charge in [0, 0.05) is 31.0 Å². The minimum Gasteiger partial charge on any atom is -0.619 e. The summed E-state index contributed by atoms with van der Waals surface area (Å²) in [4.78, 5) is 16.3. The number of carbonyl (C=O) groups excluding carboxylic acids is 1. The number of pyridine rings is 2. The molecule has 0 amide bonds. The molecule has 3 rings (SSSR count). The minimum atomic E-state index is -4.79. The first-order valence-corrected chi connectivity index (χ1v) is 11.3. The highest BCUT2D eigenvalue weighted by molar-refractivity contribution is 7.92. The molecule has 2 aromatic heterocycles. The standard InChI is InChI=1S/C21H17ClF3N3O5S/c1-13-3-4-16(10-17(13)21(23,24)25)34(31,32)28(12-33-2)18-9-15(22)11-26-19(18)20(29)14-5-7-27(30)8-6-14/h3-11H,12H2,1-2H3. The van der Waals surface area contributed by atoms with Gasteiger partial charge in [0.1, 0.15) is 12.4 Å². The Morgan fingerprint density at radius 3 is 2.44 bits per heavy atom. The van der Waals surface area contributed by atoms with Crippen molar-refractivity contribution in [1.29, 1.82) is 0 Å². The van der Waals surface area contributed by atoms with Crippen LogP contribution in [0.2, 0.25) is 5.02 Å². The molecular formula is C21H17ClF3N3O5S. The van der Waals surface area contributed by atoms with Gasteiger partial charge in [-0.1, -0.05) is 17.7 Å². The Bertz CT molecular complexity index is 1330. The van der Waals surface area contributed by atoms with Gasteiger partial charge in [-0.05, 0) is 30.7 Å². The number of hydrogen-bond acceptors (Lipinski definition) is 6. The second-order valence-electron chi connectivity index (χ2n) is 7.04. The van der Waals surface area contributed by atoms with E-state index in [1.807, 2.05) is 0 Å². The largest absolute Gasteiger partial charge is 0.619 e. The fraction of sp³-hybridized carbons (Fsp3) is 0.190. The third-order valence-corrected chi connectivity index (χ3v) is 6.67. The highest BCUT2D eigenvalue weighted by atomic mass is 35.5. The molecule has 34 heavy (non-hydrogen) atoms. The second kappa shape index (κ2) is 9.57. The Balaban J connectivity index is 2.19. The van der Waals surface area contributed by atoms with E-state index in [0.717, 1.165) is 36.8 Å². The monoisotopic (exact) mass is 515 g/mol. The van der Waals surface area contributed by atoms with Gasteiger partial charge in [-0.15, -0.1) is 0 Å². The van der Waals surface area contributed by atoms with Gasteiger partial charge in [-0.25, -0.2) is 17.7 Å². The summed E-state index contributed by atoms with van der Waals surface area (Å²) in [6, 6.07) is 6.11. The number of anilines is 1. The van der Waals surface area contributed by atoms with E-state index in [1.54, 1.807) is 0 Å². The van der Waals surface area contributed by atoms with E-state index in [9.17, 15) is 31.6 Å². The average Bonchev–Trinajstić information content (AvgIpc) is 2.76. The number of aryl methyl sites for hydroxylation is 1. The summed E-state index contributed by atoms with van der Waals surface area (Å²) in [5, 5.41) is 11.3. The summed E-state index contributed by atoms with van der Waals surface area (Å²) in [5.74, 6) is -0.747. The summed E-state index contributed by atoms with van der Waals surface area (Å²) in [5.41, 5.74) is -1.94. The average molecular weight is 516 g/mol. The highest BCUT2D eigenvalue weighted by Gasteiger charge is 2.36. The number of halogens is 4. The number of hydrogen-bond donors (Lipinski definition) is 0. The van der Waals surface area contributed by atoms with E-state index in [4.69, 9.17) is 16.3 Å². The van der Waals surface area contributed by atoms with Crippen molar-refractivity contribution < 1.29 is 35.9 Å². The van der Waals surface area contributed by atoms with Crippen LogP contribution in [0, 0.1) is 12.1 Å². The van der Waals surface area contributed by atoms with Crippen molar-refractivity contribution in [1.82, 2.24) is 4.98 Å². The number of rotatable bonds is 7. The normalized spacial score (nSPS) is 11.9. The van der Waals surface area contributed by atoms with Crippen LogP contribution in [-0.2, 0) is 20.9 Å². The van der Waals surface area contributed by atoms with Crippen LogP contribution < -0.4 is 9.04 Å². The first kappa shape index (κ1) is 25.4. The lowest BCUT2D eigenvalue weighted by Gasteiger charge is -2.25. The predicted molar refractivity (Wildman–Crippen MR) is 116 cm³/mol. The molecule has 0 fully saturated rings. The van der Waals surface area contributed by atoms with E-state index < -0.39 is 39.2 Å². The summed E-state index contributed by atoms with van der Waals surface area (Å²) in [6.07, 6.45) is -1.54. The van der Waals surface area contributed by atoms with Crippen molar-refractivity contribution in [3.8, 4) is 0 Å². The summed E-state index contributed by atoms with van der Waals surface area (Å²) < 4.78 is 73.1. The molecule has 0 saturated carbocycles. The molecule has 0 unspecified atom stereocenters. The van der Waals surface area contributed by atoms with Gasteiger partial charge >= 0.3 is 6.18 Å². The maximum absolute atomic E-state index is 13.4. The van der Waals surface area contributed by atoms with E-state index in [0.29, 0.717) is 15.1 Å². The van der Waals surface area contributed by atoms with Crippen LogP contribution in [0.25, 0.3) is 0 Å². The summed E-state index contributed by atoms with van der Waals surface area (Å²) in [6.45, 7) is 0.546. The summed E-state index contributed by atoms with van der Waals surface area (Å²) in [7, 11) is -3.51. The van der Waals surface area contributed by atoms with Crippen molar-refractivity contribution in [2.45, 2.75) is 18.0 Å². The predicted octanol–water partition coefficient (Wildman–Crippen LogP) is 3.73. The Hall–Kier alpha value is -3.22. The molecule has 13 heteroatoms. The zero-order valence-corrected chi connectivity index (χ0v) is 19.3. The van der Waals surface area contributed by atoms with Crippen molar-refractivity contribution in [2.24, 2.45) is 0 Å². The molecule has 1 aromatic carbocycles. The van der Waals surface area contributed by atoms with Crippen LogP contribution in [0.15, 0.2) is 59.9 Å². The molecule has 0 N–H and O–H groups in total. The Morgan fingerprint density at radius 2 is 1.85 bits per heavy atom. The molecule has 0 atom stereocenters. The zero-order chi connectivity index (χ0) is 25.3. The maximum Gasteiger partial charge on any atom is 0.416 e. The second-order valence-corrected chi connectivity index (χ2v) is 9.34. The number of benzene rings is 1. The number of alkyl halides is 3. The maximum atomic E-state index is 13.4. The van der Waals surface area contributed by atoms with Gasteiger partial charge < -0.3 is 9.94 Å². The van der Waals surface area contributed by atoms with Crippen molar-refractivity contribution in [3.05, 3.63) is 87.6 Å². The van der Waals surface area contributed by atoms with Gasteiger partial charge in [0.15, 0.2) is 12.4 Å². The SMILES string of the molecule is COCN(c1cc(Cl)cnc1C(=O)c1cc[n+]([O-])cc1)S(=O)(=O)c1ccc(C)c(C(F)(F)F)c1. The molecule has 0 radical (unpaired) electrons. The molecular weight excluding hydrogens is 499 g/mol. The molecule has 0 spiro atoms. The topological polar surface area (TPSA) is 104 Å². The number of ketones is 1. The molecule has 0 saturated heterocycles. The minimum absolute atomic E-state index is 0.0210. The zero-order valence-electron chi connectivity index (χ0n) is 17.7. The van der Waals surface area contributed by atoms with Crippen molar-refractivity contribution >= 4 is 33.1 Å². The molecule has 180 valence electrons. The van der Waals surface area contributed by atoms with Gasteiger partial charge in [0.25, 0.3) is 10.0 Å². The van der Waals surface area contributed by atoms with Crippen LogP contribution in [0.3, 0.4) is 0 Å². The number of nitrogens with zero attached hydrogens (tertiary/aromatic N) is 3. The van der Waals surface area contributed by atoms with Gasteiger partial charge in [0.2, 0.25) is 5.78 Å². The van der Waals surface area contributed by atoms with Crippen LogP contribution >= 0.6 is 11.6 Å². The molecule has 3 aromatic rings. The number of ether oxygens (including phenoxy) is 1. The molecule has 8 nitrogen and oxygen atoms in total. The van der Waals surface area contributed by atoms with Crippen LogP contribution in [0.1, 0.15) is 27.2 Å². The lowest BCUT2D eigenvalue weighted by atomic mass is 10.1. The summed E-state index contributed by atoms with van der Waals surface area (Å²) >= 11 is 6.00. The van der Waals surface area contributed by atoms with Crippen LogP contribution in [-0.4, -0.2) is 33.0 Å². The molecule has 0 aliphatic heterocycles. The van der Waals surface area contributed by atoms with E-state index in [1.165, 1.54) is 26.2 Å². The Labute approximate surface area is 197 Å². The van der Waals surface area contributed by atoms with Gasteiger partial charge in [0.05, 0.1) is 21.2 Å². The number of carbonyl (C=O) groups is 1. The molecule has 0 aliphatic carbocycles. The van der Waals surface area contributed by atoms with Crippen molar-refractivity contribution in [3.63, 3.8) is 0 Å². The highest BCUT2D eigenvalue weighted by Crippen LogP contribution is 2.35. The quantitative estimate of drug-likeness (QED) is 0.206.